The first-order valence-corrected chi connectivity index (χ1v) is 7.87. The lowest BCUT2D eigenvalue weighted by Gasteiger charge is -2.24. The third-order valence-corrected chi connectivity index (χ3v) is 3.78. The molecular formula is C19H22N2S. The van der Waals surface area contributed by atoms with Crippen LogP contribution in [0.25, 0.3) is 0 Å². The molecule has 22 heavy (non-hydrogen) atoms. The van der Waals surface area contributed by atoms with E-state index in [1.165, 1.54) is 5.56 Å². The zero-order valence-electron chi connectivity index (χ0n) is 13.1. The Kier molecular flexibility index (Phi) is 5.73. The first-order chi connectivity index (χ1) is 10.6. The average molecular weight is 310 g/mol. The Morgan fingerprint density at radius 1 is 1.14 bits per heavy atom. The number of nitrogens with zero attached hydrogens (tertiary/aromatic N) is 1. The van der Waals surface area contributed by atoms with Gasteiger partial charge in [-0.15, -0.1) is 6.58 Å². The Bertz CT molecular complexity index is 618. The molecule has 0 bridgehead atoms. The maximum atomic E-state index is 5.56. The summed E-state index contributed by atoms with van der Waals surface area (Å²) in [6, 6.07) is 18.5. The normalized spacial score (nSPS) is 10.3. The van der Waals surface area contributed by atoms with E-state index in [9.17, 15) is 0 Å². The van der Waals surface area contributed by atoms with Crippen LogP contribution >= 0.6 is 12.2 Å². The maximum absolute atomic E-state index is 5.56. The molecule has 2 nitrogen and oxygen atoms in total. The summed E-state index contributed by atoms with van der Waals surface area (Å²) < 4.78 is 0. The third-order valence-electron chi connectivity index (χ3n) is 3.45. The van der Waals surface area contributed by atoms with E-state index in [-0.39, 0.29) is 0 Å². The second-order valence-electron chi connectivity index (χ2n) is 5.44. The molecule has 2 aromatic rings. The van der Waals surface area contributed by atoms with Crippen LogP contribution in [0.15, 0.2) is 67.3 Å². The molecule has 0 unspecified atom stereocenters. The van der Waals surface area contributed by atoms with E-state index in [1.54, 1.807) is 0 Å². The summed E-state index contributed by atoms with van der Waals surface area (Å²) >= 11 is 5.56. The fourth-order valence-electron chi connectivity index (χ4n) is 2.18. The quantitative estimate of drug-likeness (QED) is 0.603. The van der Waals surface area contributed by atoms with Crippen LogP contribution in [-0.4, -0.2) is 11.7 Å². The molecule has 2 aromatic carbocycles. The van der Waals surface area contributed by atoms with Gasteiger partial charge in [0.15, 0.2) is 5.11 Å². The lowest BCUT2D eigenvalue weighted by Crippen LogP contribution is -2.34. The van der Waals surface area contributed by atoms with Crippen LogP contribution < -0.4 is 10.2 Å². The van der Waals surface area contributed by atoms with Gasteiger partial charge in [0.05, 0.1) is 0 Å². The number of hydrogen-bond donors (Lipinski definition) is 1. The van der Waals surface area contributed by atoms with E-state index in [2.05, 4.69) is 50.0 Å². The van der Waals surface area contributed by atoms with Gasteiger partial charge in [-0.2, -0.15) is 0 Å². The molecule has 1 N–H and O–H groups in total. The second-order valence-corrected chi connectivity index (χ2v) is 5.83. The van der Waals surface area contributed by atoms with E-state index >= 15 is 0 Å². The summed E-state index contributed by atoms with van der Waals surface area (Å²) in [5.41, 5.74) is 3.38. The van der Waals surface area contributed by atoms with Gasteiger partial charge in [0.1, 0.15) is 0 Å². The number of rotatable bonds is 5. The predicted molar refractivity (Wildman–Crippen MR) is 101 cm³/mol. The molecule has 3 heteroatoms. The highest BCUT2D eigenvalue weighted by atomic mass is 32.1. The van der Waals surface area contributed by atoms with Crippen LogP contribution in [0.1, 0.15) is 25.3 Å². The van der Waals surface area contributed by atoms with E-state index in [0.29, 0.717) is 17.6 Å². The van der Waals surface area contributed by atoms with E-state index < -0.39 is 0 Å². The molecule has 0 aliphatic rings. The van der Waals surface area contributed by atoms with Crippen LogP contribution in [0.3, 0.4) is 0 Å². The highest BCUT2D eigenvalue weighted by molar-refractivity contribution is 7.80. The number of anilines is 2. The summed E-state index contributed by atoms with van der Waals surface area (Å²) in [5, 5.41) is 3.97. The molecule has 0 aliphatic carbocycles. The molecule has 0 amide bonds. The van der Waals surface area contributed by atoms with Gasteiger partial charge in [0.25, 0.3) is 0 Å². The topological polar surface area (TPSA) is 15.3 Å². The molecule has 0 spiro atoms. The van der Waals surface area contributed by atoms with E-state index in [1.807, 2.05) is 41.3 Å². The van der Waals surface area contributed by atoms with E-state index in [4.69, 9.17) is 12.2 Å². The summed E-state index contributed by atoms with van der Waals surface area (Å²) in [6.07, 6.45) is 1.85. The molecule has 0 radical (unpaired) electrons. The molecule has 0 aromatic heterocycles. The highest BCUT2D eigenvalue weighted by Gasteiger charge is 2.10. The second kappa shape index (κ2) is 7.76. The van der Waals surface area contributed by atoms with Gasteiger partial charge < -0.3 is 10.2 Å². The van der Waals surface area contributed by atoms with Crippen molar-refractivity contribution in [3.05, 3.63) is 72.8 Å². The van der Waals surface area contributed by atoms with Crippen molar-refractivity contribution in [2.75, 3.05) is 16.8 Å². The molecule has 114 valence electrons. The van der Waals surface area contributed by atoms with Crippen LogP contribution in [0, 0.1) is 0 Å². The van der Waals surface area contributed by atoms with Gasteiger partial charge >= 0.3 is 0 Å². The molecule has 0 fully saturated rings. The number of para-hydroxylation sites is 1. The largest absolute Gasteiger partial charge is 0.332 e. The number of hydrogen-bond acceptors (Lipinski definition) is 1. The number of nitrogens with one attached hydrogen (secondary N) is 1. The zero-order valence-corrected chi connectivity index (χ0v) is 13.9. The fourth-order valence-corrected chi connectivity index (χ4v) is 2.48. The smallest absolute Gasteiger partial charge is 0.178 e. The monoisotopic (exact) mass is 310 g/mol. The van der Waals surface area contributed by atoms with Gasteiger partial charge in [0, 0.05) is 17.9 Å². The van der Waals surface area contributed by atoms with Crippen LogP contribution in [0.4, 0.5) is 11.4 Å². The van der Waals surface area contributed by atoms with Gasteiger partial charge in [-0.1, -0.05) is 50.3 Å². The molecular weight excluding hydrogens is 288 g/mol. The molecule has 0 atom stereocenters. The summed E-state index contributed by atoms with van der Waals surface area (Å²) in [7, 11) is 0. The van der Waals surface area contributed by atoms with Crippen molar-refractivity contribution in [3.63, 3.8) is 0 Å². The Hall–Kier alpha value is -2.13. The molecule has 0 saturated heterocycles. The molecule has 2 rings (SSSR count). The Morgan fingerprint density at radius 2 is 1.77 bits per heavy atom. The summed E-state index contributed by atoms with van der Waals surface area (Å²) in [6.45, 7) is 8.86. The van der Waals surface area contributed by atoms with Gasteiger partial charge in [-0.25, -0.2) is 0 Å². The van der Waals surface area contributed by atoms with Crippen molar-refractivity contribution >= 4 is 28.7 Å². The minimum atomic E-state index is 0.530. The Labute approximate surface area is 138 Å². The van der Waals surface area contributed by atoms with E-state index in [0.717, 1.165) is 11.4 Å². The zero-order chi connectivity index (χ0) is 15.9. The van der Waals surface area contributed by atoms with Gasteiger partial charge in [-0.3, -0.25) is 0 Å². The average Bonchev–Trinajstić information content (AvgIpc) is 2.53. The number of thiocarbonyl (C=S) groups is 1. The van der Waals surface area contributed by atoms with Gasteiger partial charge in [0.2, 0.25) is 0 Å². The van der Waals surface area contributed by atoms with Crippen molar-refractivity contribution in [1.29, 1.82) is 0 Å². The lowest BCUT2D eigenvalue weighted by molar-refractivity contribution is 0.867. The summed E-state index contributed by atoms with van der Waals surface area (Å²) in [5.74, 6) is 0.530. The third kappa shape index (κ3) is 4.18. The SMILES string of the molecule is C=CCN(C(=S)Nc1ccc(C(C)C)cc1)c1ccccc1. The standard InChI is InChI=1S/C19H22N2S/c1-4-14-21(18-8-6-5-7-9-18)19(22)20-17-12-10-16(11-13-17)15(2)3/h4-13,15H,1,14H2,2-3H3,(H,20,22). The first kappa shape index (κ1) is 16.2. The highest BCUT2D eigenvalue weighted by Crippen LogP contribution is 2.19. The van der Waals surface area contributed by atoms with Crippen LogP contribution in [0.2, 0.25) is 0 Å². The van der Waals surface area contributed by atoms with Crippen LogP contribution in [0.5, 0.6) is 0 Å². The molecule has 0 heterocycles. The van der Waals surface area contributed by atoms with Crippen molar-refractivity contribution in [3.8, 4) is 0 Å². The maximum Gasteiger partial charge on any atom is 0.178 e. The first-order valence-electron chi connectivity index (χ1n) is 7.46. The fraction of sp³-hybridized carbons (Fsp3) is 0.211. The van der Waals surface area contributed by atoms with Crippen LogP contribution in [-0.2, 0) is 0 Å². The minimum Gasteiger partial charge on any atom is -0.332 e. The summed E-state index contributed by atoms with van der Waals surface area (Å²) in [4.78, 5) is 2.03. The lowest BCUT2D eigenvalue weighted by atomic mass is 10.0. The molecule has 0 saturated carbocycles. The predicted octanol–water partition coefficient (Wildman–Crippen LogP) is 5.20. The minimum absolute atomic E-state index is 0.530. The van der Waals surface area contributed by atoms with Crippen molar-refractivity contribution in [1.82, 2.24) is 0 Å². The Balaban J connectivity index is 2.13. The number of benzene rings is 2. The van der Waals surface area contributed by atoms with Crippen molar-refractivity contribution in [2.24, 2.45) is 0 Å². The van der Waals surface area contributed by atoms with Crippen molar-refractivity contribution < 1.29 is 0 Å². The van der Waals surface area contributed by atoms with Gasteiger partial charge in [-0.05, 0) is 48.0 Å². The Morgan fingerprint density at radius 3 is 2.32 bits per heavy atom. The molecule has 0 aliphatic heterocycles. The van der Waals surface area contributed by atoms with Crippen molar-refractivity contribution in [2.45, 2.75) is 19.8 Å².